The normalized spacial score (nSPS) is 14.5. The van der Waals surface area contributed by atoms with Crippen molar-refractivity contribution < 1.29 is 9.90 Å². The first-order valence-corrected chi connectivity index (χ1v) is 4.87. The Morgan fingerprint density at radius 2 is 2.07 bits per heavy atom. The number of hydrogen-bond donors (Lipinski definition) is 3. The number of benzene rings is 1. The molecule has 3 N–H and O–H groups in total. The van der Waals surface area contributed by atoms with Gasteiger partial charge in [0.2, 0.25) is 0 Å². The second-order valence-corrected chi connectivity index (χ2v) is 3.32. The van der Waals surface area contributed by atoms with Crippen LogP contribution >= 0.6 is 0 Å². The molecular formula is C11H16N2O2. The summed E-state index contributed by atoms with van der Waals surface area (Å²) >= 11 is 0. The van der Waals surface area contributed by atoms with E-state index in [1.807, 2.05) is 30.3 Å². The van der Waals surface area contributed by atoms with Gasteiger partial charge in [0.05, 0.1) is 6.04 Å². The number of carbonyl (C=O) groups is 1. The number of aliphatic hydroxyl groups excluding tert-OH is 1. The molecule has 82 valence electrons. The van der Waals surface area contributed by atoms with E-state index in [1.54, 1.807) is 7.05 Å². The molecule has 1 aromatic carbocycles. The highest BCUT2D eigenvalue weighted by molar-refractivity contribution is 5.57. The van der Waals surface area contributed by atoms with Crippen LogP contribution in [0.1, 0.15) is 5.56 Å². The molecule has 0 spiro atoms. The van der Waals surface area contributed by atoms with E-state index in [-0.39, 0.29) is 6.04 Å². The van der Waals surface area contributed by atoms with E-state index in [0.29, 0.717) is 12.7 Å². The third kappa shape index (κ3) is 3.79. The van der Waals surface area contributed by atoms with Crippen LogP contribution in [0.25, 0.3) is 0 Å². The van der Waals surface area contributed by atoms with Gasteiger partial charge in [-0.15, -0.1) is 0 Å². The molecule has 0 heterocycles. The molecule has 0 aliphatic rings. The summed E-state index contributed by atoms with van der Waals surface area (Å²) < 4.78 is 0. The summed E-state index contributed by atoms with van der Waals surface area (Å²) in [5.74, 6) is 0. The minimum atomic E-state index is -1.00. The number of hydrazine groups is 1. The number of carbonyl (C=O) groups excluding carboxylic acids is 1. The lowest BCUT2D eigenvalue weighted by atomic mass is 10.0. The van der Waals surface area contributed by atoms with Gasteiger partial charge in [-0.3, -0.25) is 10.9 Å². The highest BCUT2D eigenvalue weighted by Crippen LogP contribution is 2.04. The van der Waals surface area contributed by atoms with E-state index in [9.17, 15) is 9.90 Å². The molecule has 0 bridgehead atoms. The summed E-state index contributed by atoms with van der Waals surface area (Å²) in [6.45, 7) is 0. The number of hydrogen-bond acceptors (Lipinski definition) is 4. The summed E-state index contributed by atoms with van der Waals surface area (Å²) in [5, 5.41) is 9.44. The topological polar surface area (TPSA) is 61.4 Å². The fourth-order valence-corrected chi connectivity index (χ4v) is 1.41. The van der Waals surface area contributed by atoms with Crippen LogP contribution in [-0.2, 0) is 11.2 Å². The van der Waals surface area contributed by atoms with Crippen molar-refractivity contribution >= 4 is 6.29 Å². The Hall–Kier alpha value is -1.23. The molecule has 0 radical (unpaired) electrons. The van der Waals surface area contributed by atoms with Gasteiger partial charge in [0.15, 0.2) is 0 Å². The van der Waals surface area contributed by atoms with Gasteiger partial charge >= 0.3 is 0 Å². The van der Waals surface area contributed by atoms with Crippen LogP contribution in [0.3, 0.4) is 0 Å². The first-order chi connectivity index (χ1) is 7.27. The van der Waals surface area contributed by atoms with Gasteiger partial charge in [-0.25, -0.2) is 0 Å². The van der Waals surface area contributed by atoms with Crippen molar-refractivity contribution in [2.75, 3.05) is 7.05 Å². The first kappa shape index (κ1) is 11.8. The summed E-state index contributed by atoms with van der Waals surface area (Å²) in [6.07, 6.45) is 0.136. The molecule has 0 saturated heterocycles. The van der Waals surface area contributed by atoms with Crippen molar-refractivity contribution in [2.45, 2.75) is 18.6 Å². The predicted octanol–water partition coefficient (Wildman–Crippen LogP) is -0.119. The van der Waals surface area contributed by atoms with Crippen molar-refractivity contribution in [3.8, 4) is 0 Å². The summed E-state index contributed by atoms with van der Waals surface area (Å²) in [7, 11) is 1.70. The molecule has 0 aromatic heterocycles. The number of nitrogens with one attached hydrogen (secondary N) is 2. The largest absolute Gasteiger partial charge is 0.384 e. The molecular weight excluding hydrogens is 192 g/mol. The first-order valence-electron chi connectivity index (χ1n) is 4.87. The van der Waals surface area contributed by atoms with Crippen molar-refractivity contribution in [3.05, 3.63) is 35.9 Å². The maximum atomic E-state index is 10.5. The number of aliphatic hydroxyl groups is 1. The fraction of sp³-hybridized carbons (Fsp3) is 0.364. The molecule has 2 unspecified atom stereocenters. The van der Waals surface area contributed by atoms with Crippen LogP contribution in [0.4, 0.5) is 0 Å². The zero-order valence-electron chi connectivity index (χ0n) is 8.68. The average molecular weight is 208 g/mol. The summed E-state index contributed by atoms with van der Waals surface area (Å²) in [4.78, 5) is 10.5. The minimum absolute atomic E-state index is 0.310. The molecule has 15 heavy (non-hydrogen) atoms. The Labute approximate surface area is 89.3 Å². The lowest BCUT2D eigenvalue weighted by Crippen LogP contribution is -2.47. The monoisotopic (exact) mass is 208 g/mol. The molecule has 0 aliphatic heterocycles. The maximum Gasteiger partial charge on any atom is 0.150 e. The smallest absolute Gasteiger partial charge is 0.150 e. The predicted molar refractivity (Wildman–Crippen MR) is 58.2 cm³/mol. The zero-order valence-corrected chi connectivity index (χ0v) is 8.68. The van der Waals surface area contributed by atoms with Crippen molar-refractivity contribution in [3.63, 3.8) is 0 Å². The van der Waals surface area contributed by atoms with Gasteiger partial charge in [0.1, 0.15) is 12.4 Å². The lowest BCUT2D eigenvalue weighted by Gasteiger charge is -2.19. The average Bonchev–Trinajstić information content (AvgIpc) is 2.29. The van der Waals surface area contributed by atoms with E-state index in [4.69, 9.17) is 0 Å². The third-order valence-corrected chi connectivity index (χ3v) is 2.18. The lowest BCUT2D eigenvalue weighted by molar-refractivity contribution is -0.116. The van der Waals surface area contributed by atoms with E-state index >= 15 is 0 Å². The minimum Gasteiger partial charge on any atom is -0.384 e. The standard InChI is InChI=1S/C11H16N2O2/c1-12-13-10(11(15)8-14)7-9-5-3-2-4-6-9/h2-6,8,10-13,15H,7H2,1H3. The maximum absolute atomic E-state index is 10.5. The Morgan fingerprint density at radius 3 is 2.60 bits per heavy atom. The molecule has 1 rings (SSSR count). The summed E-state index contributed by atoms with van der Waals surface area (Å²) in [6, 6.07) is 9.40. The Morgan fingerprint density at radius 1 is 1.40 bits per heavy atom. The molecule has 0 amide bonds. The number of aldehydes is 1. The fourth-order valence-electron chi connectivity index (χ4n) is 1.41. The van der Waals surface area contributed by atoms with E-state index in [1.165, 1.54) is 0 Å². The van der Waals surface area contributed by atoms with Gasteiger partial charge in [-0.05, 0) is 19.0 Å². The van der Waals surface area contributed by atoms with E-state index < -0.39 is 6.10 Å². The van der Waals surface area contributed by atoms with Crippen molar-refractivity contribution in [2.24, 2.45) is 0 Å². The molecule has 0 fully saturated rings. The Bertz CT molecular complexity index is 290. The van der Waals surface area contributed by atoms with Crippen LogP contribution in [0, 0.1) is 0 Å². The second-order valence-electron chi connectivity index (χ2n) is 3.32. The highest BCUT2D eigenvalue weighted by atomic mass is 16.3. The van der Waals surface area contributed by atoms with E-state index in [2.05, 4.69) is 10.9 Å². The Balaban J connectivity index is 2.62. The second kappa shape index (κ2) is 6.29. The van der Waals surface area contributed by atoms with Gasteiger partial charge in [-0.2, -0.15) is 0 Å². The van der Waals surface area contributed by atoms with Gasteiger partial charge in [0.25, 0.3) is 0 Å². The van der Waals surface area contributed by atoms with Crippen LogP contribution in [0.2, 0.25) is 0 Å². The van der Waals surface area contributed by atoms with E-state index in [0.717, 1.165) is 5.56 Å². The molecule has 2 atom stereocenters. The van der Waals surface area contributed by atoms with Crippen LogP contribution in [-0.4, -0.2) is 30.6 Å². The molecule has 0 aliphatic carbocycles. The third-order valence-electron chi connectivity index (χ3n) is 2.18. The van der Waals surface area contributed by atoms with Crippen LogP contribution < -0.4 is 10.9 Å². The van der Waals surface area contributed by atoms with Crippen LogP contribution in [0.5, 0.6) is 0 Å². The van der Waals surface area contributed by atoms with Crippen molar-refractivity contribution in [1.82, 2.24) is 10.9 Å². The SMILES string of the molecule is CNNC(Cc1ccccc1)C(O)C=O. The highest BCUT2D eigenvalue weighted by Gasteiger charge is 2.17. The molecule has 1 aromatic rings. The number of rotatable bonds is 6. The van der Waals surface area contributed by atoms with Crippen LogP contribution in [0.15, 0.2) is 30.3 Å². The Kier molecular flexibility index (Phi) is 4.97. The van der Waals surface area contributed by atoms with Gasteiger partial charge in [-0.1, -0.05) is 30.3 Å². The van der Waals surface area contributed by atoms with Gasteiger partial charge < -0.3 is 9.90 Å². The van der Waals surface area contributed by atoms with Gasteiger partial charge in [0, 0.05) is 0 Å². The van der Waals surface area contributed by atoms with Crippen molar-refractivity contribution in [1.29, 1.82) is 0 Å². The molecule has 4 nitrogen and oxygen atoms in total. The molecule has 0 saturated carbocycles. The zero-order chi connectivity index (χ0) is 11.1. The quantitative estimate of drug-likeness (QED) is 0.450. The summed E-state index contributed by atoms with van der Waals surface area (Å²) in [5.41, 5.74) is 6.66. The molecule has 4 heteroatoms.